The summed E-state index contributed by atoms with van der Waals surface area (Å²) < 4.78 is 42.7. The molecular formula is C57H37N5OS. The molecule has 13 rings (SSSR count). The third-order valence-electron chi connectivity index (χ3n) is 12.4. The molecule has 5 aromatic heterocycles. The highest BCUT2D eigenvalue weighted by atomic mass is 32.1. The first-order chi connectivity index (χ1) is 32.9. The highest BCUT2D eigenvalue weighted by Crippen LogP contribution is 2.44. The molecule has 0 aliphatic heterocycles. The van der Waals surface area contributed by atoms with Crippen molar-refractivity contribution in [3.05, 3.63) is 212 Å². The van der Waals surface area contributed by atoms with Crippen molar-refractivity contribution in [3.8, 4) is 50.9 Å². The topological polar surface area (TPSA) is 40.8 Å². The zero-order valence-electron chi connectivity index (χ0n) is 37.2. The van der Waals surface area contributed by atoms with Crippen LogP contribution in [-0.2, 0) is 6.98 Å². The lowest BCUT2D eigenvalue weighted by molar-refractivity contribution is -0.649. The molecule has 0 aliphatic rings. The summed E-state index contributed by atoms with van der Waals surface area (Å²) >= 11 is 1.69. The summed E-state index contributed by atoms with van der Waals surface area (Å²) in [5, 5.41) is 7.71. The molecule has 302 valence electrons. The maximum Gasteiger partial charge on any atom is 0.244 e. The molecule has 0 saturated carbocycles. The Morgan fingerprint density at radius 2 is 1.11 bits per heavy atom. The van der Waals surface area contributed by atoms with Gasteiger partial charge >= 0.3 is 0 Å². The van der Waals surface area contributed by atoms with Crippen molar-refractivity contribution < 1.29 is 13.4 Å². The average Bonchev–Trinajstić information content (AvgIpc) is 4.15. The summed E-state index contributed by atoms with van der Waals surface area (Å²) in [5.74, 6) is 1.25. The van der Waals surface area contributed by atoms with Crippen molar-refractivity contribution in [3.63, 3.8) is 0 Å². The first-order valence-electron chi connectivity index (χ1n) is 22.7. The molecule has 0 aliphatic carbocycles. The predicted molar refractivity (Wildman–Crippen MR) is 263 cm³/mol. The summed E-state index contributed by atoms with van der Waals surface area (Å²) in [5.41, 5.74) is 11.4. The van der Waals surface area contributed by atoms with E-state index in [9.17, 15) is 0 Å². The number of hydrogen-bond acceptors (Lipinski definition) is 3. The molecule has 0 atom stereocenters. The second kappa shape index (κ2) is 14.4. The lowest BCUT2D eigenvalue weighted by atomic mass is 9.98. The van der Waals surface area contributed by atoms with Gasteiger partial charge in [0.25, 0.3) is 0 Å². The van der Waals surface area contributed by atoms with Crippen molar-refractivity contribution in [2.45, 2.75) is 0 Å². The Bertz CT molecular complexity index is 3860. The van der Waals surface area contributed by atoms with Crippen LogP contribution in [-0.4, -0.2) is 18.7 Å². The number of imidazole rings is 1. The fourth-order valence-corrected chi connectivity index (χ4v) is 10.5. The number of hydrogen-bond donors (Lipinski definition) is 0. The lowest BCUT2D eigenvalue weighted by Gasteiger charge is -2.21. The number of rotatable bonds is 7. The van der Waals surface area contributed by atoms with Crippen LogP contribution in [0.1, 0.15) is 4.11 Å². The Hall–Kier alpha value is -8.26. The van der Waals surface area contributed by atoms with Crippen LogP contribution in [0.4, 0.5) is 0 Å². The van der Waals surface area contributed by atoms with E-state index in [-0.39, 0.29) is 0 Å². The number of para-hydroxylation sites is 5. The van der Waals surface area contributed by atoms with Crippen molar-refractivity contribution in [2.24, 2.45) is 6.98 Å². The second-order valence-electron chi connectivity index (χ2n) is 16.0. The van der Waals surface area contributed by atoms with Gasteiger partial charge in [0.15, 0.2) is 0 Å². The Kier molecular flexibility index (Phi) is 7.52. The van der Waals surface area contributed by atoms with Crippen LogP contribution in [0.2, 0.25) is 0 Å². The van der Waals surface area contributed by atoms with E-state index in [0.717, 1.165) is 82.8 Å². The fraction of sp³-hybridized carbons (Fsp3) is 0.0175. The van der Waals surface area contributed by atoms with Crippen LogP contribution < -0.4 is 9.30 Å². The highest BCUT2D eigenvalue weighted by molar-refractivity contribution is 7.17. The van der Waals surface area contributed by atoms with Crippen LogP contribution in [0, 0.1) is 6.33 Å². The van der Waals surface area contributed by atoms with Gasteiger partial charge in [-0.05, 0) is 83.7 Å². The Morgan fingerprint density at radius 1 is 0.547 bits per heavy atom. The van der Waals surface area contributed by atoms with Crippen molar-refractivity contribution >= 4 is 76.1 Å². The van der Waals surface area contributed by atoms with Crippen molar-refractivity contribution in [1.29, 1.82) is 0 Å². The molecule has 0 unspecified atom stereocenters. The van der Waals surface area contributed by atoms with E-state index in [0.29, 0.717) is 28.2 Å². The summed E-state index contributed by atoms with van der Waals surface area (Å²) in [6.07, 6.45) is 5.16. The molecule has 8 aromatic carbocycles. The number of aromatic nitrogens is 5. The number of aryl methyl sites for hydroxylation is 1. The van der Waals surface area contributed by atoms with Gasteiger partial charge < -0.3 is 23.0 Å². The van der Waals surface area contributed by atoms with Gasteiger partial charge in [0.05, 0.1) is 66.9 Å². The molecule has 6 nitrogen and oxygen atoms in total. The molecule has 0 fully saturated rings. The predicted octanol–water partition coefficient (Wildman–Crippen LogP) is 14.2. The Labute approximate surface area is 376 Å². The fourth-order valence-electron chi connectivity index (χ4n) is 9.74. The minimum absolute atomic E-state index is 0.520. The third-order valence-corrected chi connectivity index (χ3v) is 13.3. The monoisotopic (exact) mass is 842 g/mol. The SMILES string of the molecule is [2H]C([2H])([2H])[n+]1[c-]n(-c2cccc(Oc3cccc(-c4nccc5sccc45)c3)c2)c2cccc(-c3c(-n4c5ccccc5c5ccccc54)cccc3-n3c4ccccc4c4ccccc43)c21. The zero-order chi connectivity index (χ0) is 44.8. The largest absolute Gasteiger partial charge is 0.458 e. The average molecular weight is 843 g/mol. The lowest BCUT2D eigenvalue weighted by Crippen LogP contribution is -2.27. The Morgan fingerprint density at radius 3 is 1.75 bits per heavy atom. The summed E-state index contributed by atoms with van der Waals surface area (Å²) in [7, 11) is 0. The van der Waals surface area contributed by atoms with Gasteiger partial charge in [0.1, 0.15) is 11.5 Å². The number of fused-ring (bicyclic) bond motifs is 8. The first kappa shape index (κ1) is 33.4. The molecular weight excluding hydrogens is 803 g/mol. The van der Waals surface area contributed by atoms with Crippen molar-refractivity contribution in [2.75, 3.05) is 0 Å². The maximum atomic E-state index is 9.04. The second-order valence-corrected chi connectivity index (χ2v) is 16.9. The minimum atomic E-state index is -2.59. The van der Waals surface area contributed by atoms with Crippen LogP contribution in [0.25, 0.3) is 104 Å². The van der Waals surface area contributed by atoms with E-state index in [4.69, 9.17) is 13.8 Å². The van der Waals surface area contributed by atoms with Crippen LogP contribution >= 0.6 is 11.3 Å². The number of ether oxygens (including phenoxy) is 1. The van der Waals surface area contributed by atoms with E-state index < -0.39 is 6.98 Å². The third kappa shape index (κ3) is 5.58. The quantitative estimate of drug-likeness (QED) is 0.118. The van der Waals surface area contributed by atoms with Gasteiger partial charge in [-0.2, -0.15) is 0 Å². The van der Waals surface area contributed by atoms with Gasteiger partial charge in [-0.25, -0.2) is 0 Å². The van der Waals surface area contributed by atoms with Gasteiger partial charge in [-0.1, -0.05) is 121 Å². The number of nitrogens with zero attached hydrogens (tertiary/aromatic N) is 5. The van der Waals surface area contributed by atoms with Gasteiger partial charge in [0.2, 0.25) is 6.33 Å². The van der Waals surface area contributed by atoms with Gasteiger partial charge in [-0.3, -0.25) is 4.98 Å². The molecule has 7 heteroatoms. The Balaban J connectivity index is 1.04. The molecule has 64 heavy (non-hydrogen) atoms. The highest BCUT2D eigenvalue weighted by Gasteiger charge is 2.24. The summed E-state index contributed by atoms with van der Waals surface area (Å²) in [4.78, 5) is 4.72. The van der Waals surface area contributed by atoms with Crippen LogP contribution in [0.5, 0.6) is 11.5 Å². The standard InChI is InChI=1S/C57H37N5OS/c1-59-36-60(38-15-11-17-40(35-38)63-39-16-10-14-37(34-39)56-45-31-33-64-54(45)30-32-58-56)53-29-12-22-46(57(53)59)55-51(61-47-23-6-2-18-41(47)42-19-3-7-24-48(42)61)27-13-28-52(55)62-49-25-8-4-20-43(49)44-21-5-9-26-50(44)62/h2-35H,1H3/i1D3. The van der Waals surface area contributed by atoms with Crippen LogP contribution in [0.15, 0.2) is 206 Å². The van der Waals surface area contributed by atoms with Crippen LogP contribution in [0.3, 0.4) is 0 Å². The number of thiophene rings is 1. The summed E-state index contributed by atoms with van der Waals surface area (Å²) in [6.45, 7) is -2.59. The number of pyridine rings is 1. The van der Waals surface area contributed by atoms with Gasteiger partial charge in [0, 0.05) is 49.0 Å². The molecule has 0 radical (unpaired) electrons. The van der Waals surface area contributed by atoms with E-state index in [2.05, 4.69) is 142 Å². The van der Waals surface area contributed by atoms with E-state index in [1.165, 1.54) is 9.27 Å². The summed E-state index contributed by atoms with van der Waals surface area (Å²) in [6, 6.07) is 66.1. The molecule has 0 amide bonds. The zero-order valence-corrected chi connectivity index (χ0v) is 35.0. The first-order valence-corrected chi connectivity index (χ1v) is 22.1. The van der Waals surface area contributed by atoms with Crippen molar-refractivity contribution in [1.82, 2.24) is 18.7 Å². The molecule has 13 aromatic rings. The van der Waals surface area contributed by atoms with E-state index >= 15 is 0 Å². The van der Waals surface area contributed by atoms with Gasteiger partial charge in [-0.15, -0.1) is 11.3 Å². The molecule has 0 saturated heterocycles. The molecule has 5 heterocycles. The number of benzene rings is 8. The molecule has 0 spiro atoms. The smallest absolute Gasteiger partial charge is 0.244 e. The molecule has 0 N–H and O–H groups in total. The van der Waals surface area contributed by atoms with E-state index in [1.54, 1.807) is 11.3 Å². The minimum Gasteiger partial charge on any atom is -0.458 e. The maximum absolute atomic E-state index is 9.04. The van der Waals surface area contributed by atoms with E-state index in [1.807, 2.05) is 83.6 Å². The molecule has 0 bridgehead atoms. The normalized spacial score (nSPS) is 12.7.